The molecule has 1 aliphatic carbocycles. The lowest BCUT2D eigenvalue weighted by Crippen LogP contribution is -2.42. The van der Waals surface area contributed by atoms with Gasteiger partial charge in [-0.1, -0.05) is 96.1 Å². The van der Waals surface area contributed by atoms with E-state index in [4.69, 9.17) is 0 Å². The Morgan fingerprint density at radius 1 is 0.543 bits per heavy atom. The highest BCUT2D eigenvalue weighted by Crippen LogP contribution is 2.62. The van der Waals surface area contributed by atoms with Crippen LogP contribution in [0, 0.1) is 11.2 Å². The second kappa shape index (κ2) is 8.09. The molecule has 0 N–H and O–H groups in total. The summed E-state index contributed by atoms with van der Waals surface area (Å²) in [6, 6.07) is 33.1. The number of anilines is 3. The molecule has 0 spiro atoms. The van der Waals surface area contributed by atoms with Gasteiger partial charge in [0.15, 0.2) is 0 Å². The van der Waals surface area contributed by atoms with Crippen LogP contribution in [0.15, 0.2) is 97.1 Å². The van der Waals surface area contributed by atoms with Crippen LogP contribution in [0.25, 0.3) is 11.1 Å². The van der Waals surface area contributed by atoms with Crippen molar-refractivity contribution in [3.8, 4) is 11.1 Å². The van der Waals surface area contributed by atoms with Crippen molar-refractivity contribution in [2.24, 2.45) is 5.41 Å². The van der Waals surface area contributed by atoms with Crippen LogP contribution in [0.5, 0.6) is 0 Å². The first kappa shape index (κ1) is 23.4. The molecule has 0 atom stereocenters. The van der Waals surface area contributed by atoms with Crippen LogP contribution < -0.4 is 4.90 Å². The maximum Gasteiger partial charge on any atom is 0.127 e. The molecule has 0 amide bonds. The van der Waals surface area contributed by atoms with Gasteiger partial charge in [0, 0.05) is 17.1 Å². The fourth-order valence-corrected chi connectivity index (χ4v) is 5.74. The van der Waals surface area contributed by atoms with E-state index < -0.39 is 0 Å². The fourth-order valence-electron chi connectivity index (χ4n) is 5.74. The van der Waals surface area contributed by atoms with Gasteiger partial charge in [0.1, 0.15) is 5.82 Å². The Morgan fingerprint density at radius 3 is 1.54 bits per heavy atom. The van der Waals surface area contributed by atoms with Gasteiger partial charge in [-0.2, -0.15) is 0 Å². The Hall–Kier alpha value is -3.39. The van der Waals surface area contributed by atoms with E-state index in [1.165, 1.54) is 0 Å². The third-order valence-corrected chi connectivity index (χ3v) is 9.00. The molecule has 2 heteroatoms. The smallest absolute Gasteiger partial charge is 0.127 e. The quantitative estimate of drug-likeness (QED) is 0.291. The molecular weight excluding hydrogens is 429 g/mol. The topological polar surface area (TPSA) is 3.24 Å². The van der Waals surface area contributed by atoms with E-state index in [1.807, 2.05) is 12.1 Å². The van der Waals surface area contributed by atoms with Crippen LogP contribution in [0.3, 0.4) is 0 Å². The Kier molecular flexibility index (Phi) is 5.40. The average molecular weight is 464 g/mol. The predicted octanol–water partition coefficient (Wildman–Crippen LogP) is 9.56. The summed E-state index contributed by atoms with van der Waals surface area (Å²) in [6.07, 6.45) is 0. The van der Waals surface area contributed by atoms with Gasteiger partial charge >= 0.3 is 0 Å². The van der Waals surface area contributed by atoms with Gasteiger partial charge in [0.25, 0.3) is 0 Å². The minimum atomic E-state index is -0.246. The normalized spacial score (nSPS) is 17.1. The first-order chi connectivity index (χ1) is 16.6. The van der Waals surface area contributed by atoms with E-state index >= 15 is 4.39 Å². The molecule has 4 aromatic carbocycles. The molecule has 0 unspecified atom stereocenters. The van der Waals surface area contributed by atoms with Crippen molar-refractivity contribution in [3.05, 3.63) is 114 Å². The average Bonchev–Trinajstić information content (AvgIpc) is 2.95. The maximum absolute atomic E-state index is 15.7. The number of halogens is 1. The van der Waals surface area contributed by atoms with Crippen molar-refractivity contribution >= 4 is 17.1 Å². The summed E-state index contributed by atoms with van der Waals surface area (Å²) >= 11 is 0. The molecule has 0 fully saturated rings. The highest BCUT2D eigenvalue weighted by molar-refractivity contribution is 5.78. The van der Waals surface area contributed by atoms with Gasteiger partial charge in [0.2, 0.25) is 0 Å². The van der Waals surface area contributed by atoms with Gasteiger partial charge in [-0.15, -0.1) is 0 Å². The molecule has 178 valence electrons. The van der Waals surface area contributed by atoms with Crippen LogP contribution >= 0.6 is 0 Å². The molecule has 0 bridgehead atoms. The number of hydrogen-bond donors (Lipinski definition) is 0. The molecule has 1 aliphatic rings. The number of hydrogen-bond acceptors (Lipinski definition) is 1. The molecule has 0 saturated carbocycles. The van der Waals surface area contributed by atoms with E-state index in [9.17, 15) is 0 Å². The SMILES string of the molecule is CC1(C)c2cc(-c3ccc(N(c4ccccc4)c4ccccc4)cc3)cc(F)c2C(C)(C)C1(C)C. The number of fused-ring (bicyclic) bond motifs is 1. The number of benzene rings is 4. The molecular formula is C33H34FN. The van der Waals surface area contributed by atoms with Gasteiger partial charge in [-0.05, 0) is 81.0 Å². The third-order valence-electron chi connectivity index (χ3n) is 9.00. The standard InChI is InChI=1S/C33H34FN/c1-31(2)28-21-24(22-29(34)30(28)32(3,4)33(31,5)6)23-17-19-27(20-18-23)35(25-13-9-7-10-14-25)26-15-11-8-12-16-26/h7-22H,1-6H3. The highest BCUT2D eigenvalue weighted by Gasteiger charge is 2.58. The van der Waals surface area contributed by atoms with Crippen molar-refractivity contribution in [2.75, 3.05) is 4.90 Å². The monoisotopic (exact) mass is 463 g/mol. The first-order valence-electron chi connectivity index (χ1n) is 12.4. The third kappa shape index (κ3) is 3.50. The maximum atomic E-state index is 15.7. The zero-order valence-corrected chi connectivity index (χ0v) is 21.6. The van der Waals surface area contributed by atoms with Gasteiger partial charge < -0.3 is 4.90 Å². The molecule has 0 aromatic heterocycles. The van der Waals surface area contributed by atoms with Gasteiger partial charge in [0.05, 0.1) is 0 Å². The summed E-state index contributed by atoms with van der Waals surface area (Å²) in [5, 5.41) is 0. The number of para-hydroxylation sites is 2. The second-order valence-corrected chi connectivity index (χ2v) is 11.3. The summed E-state index contributed by atoms with van der Waals surface area (Å²) < 4.78 is 15.7. The Labute approximate surface area is 209 Å². The lowest BCUT2D eigenvalue weighted by molar-refractivity contribution is 0.123. The Balaban J connectivity index is 1.58. The molecule has 0 aliphatic heterocycles. The molecule has 5 rings (SSSR count). The number of rotatable bonds is 4. The highest BCUT2D eigenvalue weighted by atomic mass is 19.1. The van der Waals surface area contributed by atoms with Gasteiger partial charge in [-0.25, -0.2) is 4.39 Å². The summed E-state index contributed by atoms with van der Waals surface area (Å²) in [6.45, 7) is 13.4. The molecule has 0 saturated heterocycles. The summed E-state index contributed by atoms with van der Waals surface area (Å²) in [7, 11) is 0. The van der Waals surface area contributed by atoms with E-state index in [0.717, 1.165) is 39.3 Å². The minimum absolute atomic E-state index is 0.0719. The van der Waals surface area contributed by atoms with Crippen molar-refractivity contribution < 1.29 is 4.39 Å². The zero-order chi connectivity index (χ0) is 25.0. The van der Waals surface area contributed by atoms with Crippen LogP contribution in [0.2, 0.25) is 0 Å². The lowest BCUT2D eigenvalue weighted by atomic mass is 9.59. The van der Waals surface area contributed by atoms with E-state index in [0.29, 0.717) is 0 Å². The van der Waals surface area contributed by atoms with Crippen molar-refractivity contribution in [1.82, 2.24) is 0 Å². The molecule has 0 heterocycles. The molecule has 1 nitrogen and oxygen atoms in total. The fraction of sp³-hybridized carbons (Fsp3) is 0.273. The van der Waals surface area contributed by atoms with Crippen LogP contribution in [0.4, 0.5) is 21.5 Å². The summed E-state index contributed by atoms with van der Waals surface area (Å²) in [5.74, 6) is -0.0968. The molecule has 0 radical (unpaired) electrons. The van der Waals surface area contributed by atoms with Crippen LogP contribution in [-0.4, -0.2) is 0 Å². The summed E-state index contributed by atoms with van der Waals surface area (Å²) in [5.41, 5.74) is 6.75. The zero-order valence-electron chi connectivity index (χ0n) is 21.6. The van der Waals surface area contributed by atoms with Crippen molar-refractivity contribution in [1.29, 1.82) is 0 Å². The van der Waals surface area contributed by atoms with E-state index in [2.05, 4.69) is 125 Å². The summed E-state index contributed by atoms with van der Waals surface area (Å²) in [4.78, 5) is 2.24. The minimum Gasteiger partial charge on any atom is -0.311 e. The first-order valence-corrected chi connectivity index (χ1v) is 12.4. The second-order valence-electron chi connectivity index (χ2n) is 11.3. The predicted molar refractivity (Wildman–Crippen MR) is 146 cm³/mol. The molecule has 35 heavy (non-hydrogen) atoms. The Bertz CT molecular complexity index is 1310. The van der Waals surface area contributed by atoms with Crippen LogP contribution in [0.1, 0.15) is 52.7 Å². The number of nitrogens with zero attached hydrogens (tertiary/aromatic N) is 1. The largest absolute Gasteiger partial charge is 0.311 e. The Morgan fingerprint density at radius 2 is 1.03 bits per heavy atom. The van der Waals surface area contributed by atoms with Crippen molar-refractivity contribution in [2.45, 2.75) is 52.4 Å². The van der Waals surface area contributed by atoms with Crippen LogP contribution in [-0.2, 0) is 10.8 Å². The van der Waals surface area contributed by atoms with Gasteiger partial charge in [-0.3, -0.25) is 0 Å². The lowest BCUT2D eigenvalue weighted by Gasteiger charge is -2.44. The van der Waals surface area contributed by atoms with E-state index in [-0.39, 0.29) is 22.1 Å². The van der Waals surface area contributed by atoms with Crippen molar-refractivity contribution in [3.63, 3.8) is 0 Å². The molecule has 4 aromatic rings. The van der Waals surface area contributed by atoms with E-state index in [1.54, 1.807) is 6.07 Å².